The van der Waals surface area contributed by atoms with E-state index >= 15 is 0 Å². The summed E-state index contributed by atoms with van der Waals surface area (Å²) >= 11 is 0. The van der Waals surface area contributed by atoms with Crippen LogP contribution in [0, 0.1) is 0 Å². The maximum atomic E-state index is 6.26. The highest BCUT2D eigenvalue weighted by molar-refractivity contribution is 5.52. The van der Waals surface area contributed by atoms with Gasteiger partial charge < -0.3 is 19.5 Å². The van der Waals surface area contributed by atoms with Crippen molar-refractivity contribution in [2.24, 2.45) is 0 Å². The molecule has 1 fully saturated rings. The van der Waals surface area contributed by atoms with E-state index in [1.165, 1.54) is 0 Å². The molecule has 0 saturated carbocycles. The van der Waals surface area contributed by atoms with Crippen molar-refractivity contribution >= 4 is 0 Å². The fourth-order valence-electron chi connectivity index (χ4n) is 3.67. The van der Waals surface area contributed by atoms with Crippen molar-refractivity contribution in [2.45, 2.75) is 26.0 Å². The third-order valence-corrected chi connectivity index (χ3v) is 5.09. The normalized spacial score (nSPS) is 16.0. The number of hydrogen-bond acceptors (Lipinski definition) is 5. The first-order chi connectivity index (χ1) is 13.3. The van der Waals surface area contributed by atoms with Crippen LogP contribution in [0.2, 0.25) is 0 Å². The van der Waals surface area contributed by atoms with Gasteiger partial charge in [0.25, 0.3) is 0 Å². The zero-order chi connectivity index (χ0) is 19.1. The molecule has 27 heavy (non-hydrogen) atoms. The highest BCUT2D eigenvalue weighted by Crippen LogP contribution is 2.40. The van der Waals surface area contributed by atoms with Gasteiger partial charge >= 0.3 is 0 Å². The first kappa shape index (κ1) is 19.5. The Kier molecular flexibility index (Phi) is 6.96. The minimum atomic E-state index is 0.290. The van der Waals surface area contributed by atoms with Gasteiger partial charge in [-0.25, -0.2) is 0 Å². The van der Waals surface area contributed by atoms with E-state index in [1.54, 1.807) is 14.2 Å². The van der Waals surface area contributed by atoms with Gasteiger partial charge in [0.1, 0.15) is 12.4 Å². The SMILES string of the molecule is CC[C@@H](c1cc(OC)c(OC)cc1OCc1ccccc1)N1CCNCC1. The minimum absolute atomic E-state index is 0.290. The van der Waals surface area contributed by atoms with Crippen molar-refractivity contribution in [2.75, 3.05) is 40.4 Å². The van der Waals surface area contributed by atoms with Crippen LogP contribution in [0.25, 0.3) is 0 Å². The zero-order valence-corrected chi connectivity index (χ0v) is 16.5. The molecular formula is C22H30N2O3. The van der Waals surface area contributed by atoms with Gasteiger partial charge in [-0.1, -0.05) is 37.3 Å². The monoisotopic (exact) mass is 370 g/mol. The van der Waals surface area contributed by atoms with Crippen molar-refractivity contribution in [3.63, 3.8) is 0 Å². The second-order valence-corrected chi connectivity index (χ2v) is 6.73. The maximum absolute atomic E-state index is 6.26. The van der Waals surface area contributed by atoms with Crippen LogP contribution in [-0.2, 0) is 6.61 Å². The molecule has 0 aliphatic carbocycles. The van der Waals surface area contributed by atoms with E-state index in [4.69, 9.17) is 14.2 Å². The highest BCUT2D eigenvalue weighted by atomic mass is 16.5. The smallest absolute Gasteiger partial charge is 0.164 e. The summed E-state index contributed by atoms with van der Waals surface area (Å²) in [4.78, 5) is 2.52. The quantitative estimate of drug-likeness (QED) is 0.768. The third-order valence-electron chi connectivity index (χ3n) is 5.09. The summed E-state index contributed by atoms with van der Waals surface area (Å²) in [5.41, 5.74) is 2.31. The Hall–Kier alpha value is -2.24. The maximum Gasteiger partial charge on any atom is 0.164 e. The molecule has 0 aromatic heterocycles. The Morgan fingerprint density at radius 3 is 2.26 bits per heavy atom. The lowest BCUT2D eigenvalue weighted by molar-refractivity contribution is 0.164. The van der Waals surface area contributed by atoms with Crippen molar-refractivity contribution in [3.05, 3.63) is 53.6 Å². The molecule has 146 valence electrons. The third kappa shape index (κ3) is 4.73. The van der Waals surface area contributed by atoms with E-state index < -0.39 is 0 Å². The fourth-order valence-corrected chi connectivity index (χ4v) is 3.67. The van der Waals surface area contributed by atoms with Gasteiger partial charge in [-0.2, -0.15) is 0 Å². The fraction of sp³-hybridized carbons (Fsp3) is 0.455. The summed E-state index contributed by atoms with van der Waals surface area (Å²) in [7, 11) is 3.34. The highest BCUT2D eigenvalue weighted by Gasteiger charge is 2.25. The van der Waals surface area contributed by atoms with Crippen LogP contribution in [0.4, 0.5) is 0 Å². The second kappa shape index (κ2) is 9.62. The molecule has 5 heteroatoms. The van der Waals surface area contributed by atoms with E-state index in [0.29, 0.717) is 12.4 Å². The Balaban J connectivity index is 1.93. The van der Waals surface area contributed by atoms with Gasteiger partial charge in [0.15, 0.2) is 11.5 Å². The summed E-state index contributed by atoms with van der Waals surface area (Å²) in [5, 5.41) is 3.43. The van der Waals surface area contributed by atoms with E-state index in [-0.39, 0.29) is 6.04 Å². The summed E-state index contributed by atoms with van der Waals surface area (Å²) < 4.78 is 17.3. The van der Waals surface area contributed by atoms with E-state index in [2.05, 4.69) is 35.3 Å². The topological polar surface area (TPSA) is 43.0 Å². The lowest BCUT2D eigenvalue weighted by Gasteiger charge is -2.35. The predicted octanol–water partition coefficient (Wildman–Crippen LogP) is 3.64. The number of nitrogens with zero attached hydrogens (tertiary/aromatic N) is 1. The van der Waals surface area contributed by atoms with Crippen LogP contribution in [0.1, 0.15) is 30.5 Å². The van der Waals surface area contributed by atoms with Crippen LogP contribution in [-0.4, -0.2) is 45.3 Å². The van der Waals surface area contributed by atoms with Gasteiger partial charge in [0.2, 0.25) is 0 Å². The summed E-state index contributed by atoms with van der Waals surface area (Å²) in [6.45, 7) is 6.86. The largest absolute Gasteiger partial charge is 0.493 e. The first-order valence-corrected chi connectivity index (χ1v) is 9.64. The molecule has 1 aliphatic rings. The van der Waals surface area contributed by atoms with Crippen LogP contribution >= 0.6 is 0 Å². The van der Waals surface area contributed by atoms with Gasteiger partial charge in [-0.15, -0.1) is 0 Å². The molecule has 1 N–H and O–H groups in total. The minimum Gasteiger partial charge on any atom is -0.493 e. The molecule has 0 radical (unpaired) electrons. The molecule has 2 aromatic rings. The summed E-state index contributed by atoms with van der Waals surface area (Å²) in [6.07, 6.45) is 1.01. The van der Waals surface area contributed by atoms with Crippen molar-refractivity contribution in [3.8, 4) is 17.2 Å². The van der Waals surface area contributed by atoms with Crippen LogP contribution in [0.5, 0.6) is 17.2 Å². The first-order valence-electron chi connectivity index (χ1n) is 9.64. The number of piperazine rings is 1. The van der Waals surface area contributed by atoms with Crippen LogP contribution in [0.3, 0.4) is 0 Å². The number of rotatable bonds is 8. The Bertz CT molecular complexity index is 715. The Morgan fingerprint density at radius 1 is 0.963 bits per heavy atom. The van der Waals surface area contributed by atoms with E-state index in [0.717, 1.165) is 55.2 Å². The molecule has 1 aliphatic heterocycles. The Morgan fingerprint density at radius 2 is 1.63 bits per heavy atom. The zero-order valence-electron chi connectivity index (χ0n) is 16.5. The molecule has 1 saturated heterocycles. The molecule has 5 nitrogen and oxygen atoms in total. The average Bonchev–Trinajstić information content (AvgIpc) is 2.74. The van der Waals surface area contributed by atoms with Crippen molar-refractivity contribution < 1.29 is 14.2 Å². The van der Waals surface area contributed by atoms with Gasteiger partial charge in [0, 0.05) is 43.9 Å². The standard InChI is InChI=1S/C22H30N2O3/c1-4-19(24-12-10-23-11-13-24)18-14-21(25-2)22(26-3)15-20(18)27-16-17-8-6-5-7-9-17/h5-9,14-15,19,23H,4,10-13,16H2,1-3H3/t19-/m0/s1. The molecule has 0 unspecified atom stereocenters. The van der Waals surface area contributed by atoms with Gasteiger partial charge in [-0.05, 0) is 18.1 Å². The number of benzene rings is 2. The lowest BCUT2D eigenvalue weighted by atomic mass is 10.00. The Labute approximate surface area is 162 Å². The molecular weight excluding hydrogens is 340 g/mol. The van der Waals surface area contributed by atoms with Crippen LogP contribution in [0.15, 0.2) is 42.5 Å². The molecule has 0 spiro atoms. The number of hydrogen-bond donors (Lipinski definition) is 1. The van der Waals surface area contributed by atoms with Gasteiger partial charge in [0.05, 0.1) is 14.2 Å². The van der Waals surface area contributed by atoms with Crippen molar-refractivity contribution in [1.82, 2.24) is 10.2 Å². The van der Waals surface area contributed by atoms with E-state index in [9.17, 15) is 0 Å². The average molecular weight is 370 g/mol. The van der Waals surface area contributed by atoms with Crippen LogP contribution < -0.4 is 19.5 Å². The second-order valence-electron chi connectivity index (χ2n) is 6.73. The summed E-state index contributed by atoms with van der Waals surface area (Å²) in [5.74, 6) is 2.30. The lowest BCUT2D eigenvalue weighted by Crippen LogP contribution is -2.45. The number of methoxy groups -OCH3 is 2. The number of ether oxygens (including phenoxy) is 3. The van der Waals surface area contributed by atoms with E-state index in [1.807, 2.05) is 24.3 Å². The molecule has 3 rings (SSSR count). The molecule has 0 amide bonds. The van der Waals surface area contributed by atoms with Crippen molar-refractivity contribution in [1.29, 1.82) is 0 Å². The van der Waals surface area contributed by atoms with Gasteiger partial charge in [-0.3, -0.25) is 4.90 Å². The molecule has 0 bridgehead atoms. The predicted molar refractivity (Wildman–Crippen MR) is 108 cm³/mol. The molecule has 2 aromatic carbocycles. The summed E-state index contributed by atoms with van der Waals surface area (Å²) in [6, 6.07) is 14.6. The molecule has 1 atom stereocenters. The molecule has 1 heterocycles. The number of nitrogens with one attached hydrogen (secondary N) is 1.